The van der Waals surface area contributed by atoms with Gasteiger partial charge in [0.25, 0.3) is 5.91 Å². The molecule has 0 fully saturated rings. The molecule has 0 saturated carbocycles. The van der Waals surface area contributed by atoms with E-state index in [4.69, 9.17) is 4.74 Å². The summed E-state index contributed by atoms with van der Waals surface area (Å²) in [6, 6.07) is 7.13. The van der Waals surface area contributed by atoms with Gasteiger partial charge < -0.3 is 10.1 Å². The fourth-order valence-corrected chi connectivity index (χ4v) is 1.24. The number of para-hydroxylation sites is 2. The van der Waals surface area contributed by atoms with Crippen molar-refractivity contribution in [2.75, 3.05) is 12.4 Å². The minimum absolute atomic E-state index is 0.158. The van der Waals surface area contributed by atoms with E-state index in [1.54, 1.807) is 25.3 Å². The van der Waals surface area contributed by atoms with Gasteiger partial charge in [-0.05, 0) is 12.1 Å². The maximum absolute atomic E-state index is 11.6. The number of hydrogen-bond acceptors (Lipinski definition) is 4. The Balaban J connectivity index is 2.18. The maximum Gasteiger partial charge on any atom is 0.293 e. The molecule has 0 unspecified atom stereocenters. The van der Waals surface area contributed by atoms with Gasteiger partial charge in [0, 0.05) is 0 Å². The lowest BCUT2D eigenvalue weighted by atomic mass is 10.3. The molecule has 1 heterocycles. The van der Waals surface area contributed by atoms with Crippen LogP contribution in [0.5, 0.6) is 5.75 Å². The zero-order valence-corrected chi connectivity index (χ0v) is 8.60. The first kappa shape index (κ1) is 10.2. The van der Waals surface area contributed by atoms with Crippen molar-refractivity contribution < 1.29 is 9.53 Å². The first-order valence-corrected chi connectivity index (χ1v) is 4.61. The zero-order chi connectivity index (χ0) is 11.4. The number of benzene rings is 1. The summed E-state index contributed by atoms with van der Waals surface area (Å²) in [4.78, 5) is 15.4. The number of rotatable bonds is 3. The molecule has 0 atom stereocenters. The largest absolute Gasteiger partial charge is 0.495 e. The summed E-state index contributed by atoms with van der Waals surface area (Å²) < 4.78 is 5.10. The molecule has 2 N–H and O–H groups in total. The molecule has 1 aromatic carbocycles. The second-order valence-corrected chi connectivity index (χ2v) is 2.99. The van der Waals surface area contributed by atoms with E-state index in [0.29, 0.717) is 11.4 Å². The molecule has 0 aliphatic rings. The van der Waals surface area contributed by atoms with Crippen molar-refractivity contribution in [2.24, 2.45) is 0 Å². The number of aromatic nitrogens is 3. The lowest BCUT2D eigenvalue weighted by molar-refractivity contribution is 0.101. The van der Waals surface area contributed by atoms with Gasteiger partial charge in [-0.15, -0.1) is 0 Å². The Labute approximate surface area is 91.7 Å². The van der Waals surface area contributed by atoms with E-state index >= 15 is 0 Å². The molecule has 0 bridgehead atoms. The molecular formula is C10H10N4O2. The van der Waals surface area contributed by atoms with Crippen LogP contribution in [0.4, 0.5) is 5.69 Å². The molecule has 16 heavy (non-hydrogen) atoms. The van der Waals surface area contributed by atoms with Crippen LogP contribution in [0.2, 0.25) is 0 Å². The lowest BCUT2D eigenvalue weighted by Gasteiger charge is -2.07. The standard InChI is InChI=1S/C10H10N4O2/c1-16-8-5-3-2-4-7(8)13-10(15)9-11-6-12-14-9/h2-6H,1H3,(H,13,15)(H,11,12,14). The molecule has 0 aliphatic carbocycles. The van der Waals surface area contributed by atoms with E-state index in [2.05, 4.69) is 20.5 Å². The van der Waals surface area contributed by atoms with E-state index in [1.807, 2.05) is 6.07 Å². The van der Waals surface area contributed by atoms with Gasteiger partial charge in [0.15, 0.2) is 0 Å². The van der Waals surface area contributed by atoms with E-state index in [9.17, 15) is 4.79 Å². The Morgan fingerprint density at radius 1 is 1.44 bits per heavy atom. The molecule has 0 radical (unpaired) electrons. The summed E-state index contributed by atoms with van der Waals surface area (Å²) in [5, 5.41) is 8.75. The van der Waals surface area contributed by atoms with Crippen molar-refractivity contribution >= 4 is 11.6 Å². The van der Waals surface area contributed by atoms with E-state index < -0.39 is 0 Å². The number of carbonyl (C=O) groups excluding carboxylic acids is 1. The number of nitrogens with zero attached hydrogens (tertiary/aromatic N) is 2. The molecule has 82 valence electrons. The number of hydrogen-bond donors (Lipinski definition) is 2. The van der Waals surface area contributed by atoms with Crippen LogP contribution in [0.25, 0.3) is 0 Å². The summed E-state index contributed by atoms with van der Waals surface area (Å²) in [6.45, 7) is 0. The molecule has 1 amide bonds. The average Bonchev–Trinajstić information content (AvgIpc) is 2.83. The van der Waals surface area contributed by atoms with E-state index in [0.717, 1.165) is 0 Å². The Morgan fingerprint density at radius 2 is 2.25 bits per heavy atom. The Hall–Kier alpha value is -2.37. The summed E-state index contributed by atoms with van der Waals surface area (Å²) in [6.07, 6.45) is 1.27. The number of ether oxygens (including phenoxy) is 1. The third-order valence-electron chi connectivity index (χ3n) is 1.99. The quantitative estimate of drug-likeness (QED) is 0.807. The molecule has 2 aromatic rings. The summed E-state index contributed by atoms with van der Waals surface area (Å²) in [7, 11) is 1.54. The van der Waals surface area contributed by atoms with Gasteiger partial charge in [0.2, 0.25) is 5.82 Å². The third-order valence-corrected chi connectivity index (χ3v) is 1.99. The van der Waals surface area contributed by atoms with Crippen LogP contribution >= 0.6 is 0 Å². The van der Waals surface area contributed by atoms with Crippen molar-refractivity contribution in [1.29, 1.82) is 0 Å². The Morgan fingerprint density at radius 3 is 2.94 bits per heavy atom. The average molecular weight is 218 g/mol. The topological polar surface area (TPSA) is 79.9 Å². The summed E-state index contributed by atoms with van der Waals surface area (Å²) in [5.41, 5.74) is 0.589. The fourth-order valence-electron chi connectivity index (χ4n) is 1.24. The SMILES string of the molecule is COc1ccccc1NC(=O)c1ncn[nH]1. The highest BCUT2D eigenvalue weighted by Crippen LogP contribution is 2.23. The Kier molecular flexibility index (Phi) is 2.81. The molecule has 0 saturated heterocycles. The maximum atomic E-state index is 11.6. The molecule has 0 spiro atoms. The number of H-pyrrole nitrogens is 1. The number of carbonyl (C=O) groups is 1. The summed E-state index contributed by atoms with van der Waals surface area (Å²) >= 11 is 0. The summed E-state index contributed by atoms with van der Waals surface area (Å²) in [5.74, 6) is 0.392. The van der Waals surface area contributed by atoms with Gasteiger partial charge in [-0.1, -0.05) is 12.1 Å². The van der Waals surface area contributed by atoms with Crippen molar-refractivity contribution in [2.45, 2.75) is 0 Å². The number of methoxy groups -OCH3 is 1. The lowest BCUT2D eigenvalue weighted by Crippen LogP contribution is -2.14. The van der Waals surface area contributed by atoms with Crippen LogP contribution in [0.1, 0.15) is 10.6 Å². The van der Waals surface area contributed by atoms with Gasteiger partial charge >= 0.3 is 0 Å². The molecule has 1 aromatic heterocycles. The third kappa shape index (κ3) is 2.00. The van der Waals surface area contributed by atoms with Crippen molar-refractivity contribution in [1.82, 2.24) is 15.2 Å². The van der Waals surface area contributed by atoms with Crippen molar-refractivity contribution in [3.8, 4) is 5.75 Å². The monoisotopic (exact) mass is 218 g/mol. The predicted molar refractivity (Wildman–Crippen MR) is 57.3 cm³/mol. The van der Waals surface area contributed by atoms with Gasteiger partial charge in [-0.25, -0.2) is 4.98 Å². The van der Waals surface area contributed by atoms with Crippen molar-refractivity contribution in [3.05, 3.63) is 36.4 Å². The van der Waals surface area contributed by atoms with Gasteiger partial charge in [0.05, 0.1) is 12.8 Å². The smallest absolute Gasteiger partial charge is 0.293 e. The van der Waals surface area contributed by atoms with E-state index in [-0.39, 0.29) is 11.7 Å². The predicted octanol–water partition coefficient (Wildman–Crippen LogP) is 1.07. The first-order valence-electron chi connectivity index (χ1n) is 4.61. The minimum atomic E-state index is -0.359. The molecule has 6 nitrogen and oxygen atoms in total. The normalized spacial score (nSPS) is 9.81. The van der Waals surface area contributed by atoms with Crippen LogP contribution in [0.3, 0.4) is 0 Å². The second-order valence-electron chi connectivity index (χ2n) is 2.99. The van der Waals surface area contributed by atoms with Crippen LogP contribution < -0.4 is 10.1 Å². The fraction of sp³-hybridized carbons (Fsp3) is 0.100. The zero-order valence-electron chi connectivity index (χ0n) is 8.60. The van der Waals surface area contributed by atoms with Crippen LogP contribution in [0.15, 0.2) is 30.6 Å². The van der Waals surface area contributed by atoms with Crippen molar-refractivity contribution in [3.63, 3.8) is 0 Å². The van der Waals surface area contributed by atoms with Crippen LogP contribution in [0, 0.1) is 0 Å². The highest BCUT2D eigenvalue weighted by Gasteiger charge is 2.10. The number of amides is 1. The number of anilines is 1. The highest BCUT2D eigenvalue weighted by molar-refractivity contribution is 6.02. The molecule has 6 heteroatoms. The van der Waals surface area contributed by atoms with Crippen LogP contribution in [-0.2, 0) is 0 Å². The van der Waals surface area contributed by atoms with Gasteiger partial charge in [-0.3, -0.25) is 9.89 Å². The van der Waals surface area contributed by atoms with Gasteiger partial charge in [0.1, 0.15) is 12.1 Å². The number of nitrogens with one attached hydrogen (secondary N) is 2. The van der Waals surface area contributed by atoms with Crippen LogP contribution in [-0.4, -0.2) is 28.2 Å². The number of aromatic amines is 1. The first-order chi connectivity index (χ1) is 7.81. The molecular weight excluding hydrogens is 208 g/mol. The van der Waals surface area contributed by atoms with Gasteiger partial charge in [-0.2, -0.15) is 5.10 Å². The van der Waals surface area contributed by atoms with E-state index in [1.165, 1.54) is 6.33 Å². The minimum Gasteiger partial charge on any atom is -0.495 e. The molecule has 2 rings (SSSR count). The molecule has 0 aliphatic heterocycles. The second kappa shape index (κ2) is 4.43. The highest BCUT2D eigenvalue weighted by atomic mass is 16.5. The Bertz CT molecular complexity index is 481.